The van der Waals surface area contributed by atoms with Crippen molar-refractivity contribution in [3.63, 3.8) is 0 Å². The number of benzene rings is 1. The van der Waals surface area contributed by atoms with Crippen LogP contribution >= 0.6 is 0 Å². The van der Waals surface area contributed by atoms with Gasteiger partial charge >= 0.3 is 0 Å². The summed E-state index contributed by atoms with van der Waals surface area (Å²) in [4.78, 5) is 23.7. The minimum Gasteiger partial charge on any atom is -0.483 e. The van der Waals surface area contributed by atoms with Crippen molar-refractivity contribution in [3.05, 3.63) is 54.5 Å². The van der Waals surface area contributed by atoms with Crippen LogP contribution in [0.1, 0.15) is 12.5 Å². The van der Waals surface area contributed by atoms with Gasteiger partial charge in [-0.1, -0.05) is 18.2 Å². The van der Waals surface area contributed by atoms with Crippen LogP contribution in [0.2, 0.25) is 0 Å². The molecule has 0 amide bonds. The van der Waals surface area contributed by atoms with Gasteiger partial charge in [0, 0.05) is 37.2 Å². The molecule has 0 saturated carbocycles. The quantitative estimate of drug-likeness (QED) is 0.600. The number of nitrogens with one attached hydrogen (secondary N) is 1. The number of fused-ring (bicyclic) bond motifs is 1. The molecule has 1 aliphatic heterocycles. The summed E-state index contributed by atoms with van der Waals surface area (Å²) < 4.78 is 5.79. The Hall–Kier alpha value is -3.26. The molecule has 2 aromatic heterocycles. The fourth-order valence-corrected chi connectivity index (χ4v) is 3.56. The Labute approximate surface area is 175 Å². The van der Waals surface area contributed by atoms with Crippen LogP contribution < -0.4 is 10.2 Å². The van der Waals surface area contributed by atoms with Gasteiger partial charge in [-0.2, -0.15) is 0 Å². The Bertz CT molecular complexity index is 963. The smallest absolute Gasteiger partial charge is 0.290 e. The first-order chi connectivity index (χ1) is 14.7. The molecular formula is C22H27N5O3. The van der Waals surface area contributed by atoms with E-state index in [-0.39, 0.29) is 12.5 Å². The number of aromatic nitrogens is 3. The minimum absolute atomic E-state index is 0.228. The number of carboxylic acid groups (broad SMARTS) is 1. The molecule has 0 aliphatic carbocycles. The number of para-hydroxylation sites is 1. The van der Waals surface area contributed by atoms with Crippen molar-refractivity contribution in [2.75, 3.05) is 37.0 Å². The lowest BCUT2D eigenvalue weighted by Crippen LogP contribution is -2.30. The molecule has 4 rings (SSSR count). The fourth-order valence-electron chi connectivity index (χ4n) is 3.56. The molecule has 1 aliphatic rings. The summed E-state index contributed by atoms with van der Waals surface area (Å²) in [7, 11) is 2.03. The van der Waals surface area contributed by atoms with Crippen molar-refractivity contribution >= 4 is 29.0 Å². The van der Waals surface area contributed by atoms with Crippen LogP contribution in [0, 0.1) is 5.92 Å². The summed E-state index contributed by atoms with van der Waals surface area (Å²) in [5.41, 5.74) is 2.36. The van der Waals surface area contributed by atoms with Gasteiger partial charge in [-0.3, -0.25) is 9.78 Å². The topological polar surface area (TPSA) is 100 Å². The standard InChI is InChI=1S/C21H25N5O.CH2O2/c1-3-26(2)21-11-20(23-14-24-21)25-19-13-27-12-16(19)10-15-8-9-22-18-7-5-4-6-17(15)18;2-1-3/h4-9,11,14,16,19H,3,10,12-13H2,1-2H3,(H,23,24,25);1H,(H,2,3)/t16-,19+;/m1./s1. The van der Waals surface area contributed by atoms with E-state index in [0.717, 1.165) is 36.7 Å². The van der Waals surface area contributed by atoms with Gasteiger partial charge in [0.1, 0.15) is 18.0 Å². The van der Waals surface area contributed by atoms with Gasteiger partial charge in [0.05, 0.1) is 24.8 Å². The number of carbonyl (C=O) groups is 1. The molecule has 8 heteroatoms. The maximum atomic E-state index is 8.36. The summed E-state index contributed by atoms with van der Waals surface area (Å²) in [6.45, 7) is 4.20. The Balaban J connectivity index is 0.000000806. The molecular weight excluding hydrogens is 382 g/mol. The second-order valence-corrected chi connectivity index (χ2v) is 7.12. The summed E-state index contributed by atoms with van der Waals surface area (Å²) in [5.74, 6) is 2.16. The first-order valence-corrected chi connectivity index (χ1v) is 9.94. The lowest BCUT2D eigenvalue weighted by atomic mass is 9.93. The van der Waals surface area contributed by atoms with E-state index in [1.165, 1.54) is 10.9 Å². The Kier molecular flexibility index (Phi) is 7.51. The second-order valence-electron chi connectivity index (χ2n) is 7.12. The molecule has 0 bridgehead atoms. The predicted octanol–water partition coefficient (Wildman–Crippen LogP) is 2.85. The van der Waals surface area contributed by atoms with E-state index >= 15 is 0 Å². The number of pyridine rings is 1. The Morgan fingerprint density at radius 2 is 2.03 bits per heavy atom. The van der Waals surface area contributed by atoms with Crippen LogP contribution in [0.15, 0.2) is 48.9 Å². The van der Waals surface area contributed by atoms with E-state index in [1.54, 1.807) is 6.33 Å². The zero-order valence-corrected chi connectivity index (χ0v) is 17.2. The molecule has 0 spiro atoms. The number of ether oxygens (including phenoxy) is 1. The summed E-state index contributed by atoms with van der Waals surface area (Å²) >= 11 is 0. The zero-order valence-electron chi connectivity index (χ0n) is 17.2. The molecule has 2 N–H and O–H groups in total. The molecule has 1 saturated heterocycles. The Morgan fingerprint density at radius 3 is 2.83 bits per heavy atom. The van der Waals surface area contributed by atoms with E-state index in [4.69, 9.17) is 14.6 Å². The van der Waals surface area contributed by atoms with Gasteiger partial charge in [0.25, 0.3) is 6.47 Å². The largest absolute Gasteiger partial charge is 0.483 e. The molecule has 8 nitrogen and oxygen atoms in total. The van der Waals surface area contributed by atoms with Gasteiger partial charge < -0.3 is 20.1 Å². The van der Waals surface area contributed by atoms with Crippen molar-refractivity contribution in [2.24, 2.45) is 5.92 Å². The van der Waals surface area contributed by atoms with Crippen LogP contribution in [0.5, 0.6) is 0 Å². The van der Waals surface area contributed by atoms with E-state index < -0.39 is 0 Å². The third-order valence-corrected chi connectivity index (χ3v) is 5.27. The maximum absolute atomic E-state index is 8.36. The molecule has 1 fully saturated rings. The van der Waals surface area contributed by atoms with Crippen LogP contribution in [0.25, 0.3) is 10.9 Å². The number of hydrogen-bond donors (Lipinski definition) is 2. The highest BCUT2D eigenvalue weighted by Crippen LogP contribution is 2.26. The number of nitrogens with zero attached hydrogens (tertiary/aromatic N) is 4. The number of anilines is 2. The third-order valence-electron chi connectivity index (χ3n) is 5.27. The number of rotatable bonds is 6. The second kappa shape index (κ2) is 10.5. The van der Waals surface area contributed by atoms with Gasteiger partial charge in [-0.05, 0) is 31.0 Å². The molecule has 0 radical (unpaired) electrons. The van der Waals surface area contributed by atoms with Crippen molar-refractivity contribution < 1.29 is 14.6 Å². The van der Waals surface area contributed by atoms with Gasteiger partial charge in [0.2, 0.25) is 0 Å². The first kappa shape index (κ1) is 21.4. The molecule has 30 heavy (non-hydrogen) atoms. The highest BCUT2D eigenvalue weighted by Gasteiger charge is 2.29. The van der Waals surface area contributed by atoms with Crippen LogP contribution in [-0.4, -0.2) is 59.4 Å². The van der Waals surface area contributed by atoms with Crippen LogP contribution in [-0.2, 0) is 16.0 Å². The van der Waals surface area contributed by atoms with E-state index in [1.807, 2.05) is 25.4 Å². The van der Waals surface area contributed by atoms with Gasteiger partial charge in [-0.15, -0.1) is 0 Å². The third kappa shape index (κ3) is 5.21. The Morgan fingerprint density at radius 1 is 1.23 bits per heavy atom. The van der Waals surface area contributed by atoms with Crippen molar-refractivity contribution in [2.45, 2.75) is 19.4 Å². The van der Waals surface area contributed by atoms with E-state index in [2.05, 4.69) is 56.4 Å². The molecule has 158 valence electrons. The highest BCUT2D eigenvalue weighted by atomic mass is 16.5. The van der Waals surface area contributed by atoms with Crippen molar-refractivity contribution in [1.29, 1.82) is 0 Å². The molecule has 2 atom stereocenters. The number of hydrogen-bond acceptors (Lipinski definition) is 7. The SMILES string of the molecule is CCN(C)c1cc(N[C@H]2COC[C@H]2Cc2ccnc3ccccc23)ncn1.O=CO. The summed E-state index contributed by atoms with van der Waals surface area (Å²) in [6, 6.07) is 12.7. The summed E-state index contributed by atoms with van der Waals surface area (Å²) in [5, 5.41) is 11.7. The monoisotopic (exact) mass is 409 g/mol. The van der Waals surface area contributed by atoms with E-state index in [9.17, 15) is 0 Å². The highest BCUT2D eigenvalue weighted by molar-refractivity contribution is 5.81. The van der Waals surface area contributed by atoms with Crippen LogP contribution in [0.3, 0.4) is 0 Å². The first-order valence-electron chi connectivity index (χ1n) is 9.94. The average Bonchev–Trinajstić information content (AvgIpc) is 3.20. The van der Waals surface area contributed by atoms with E-state index in [0.29, 0.717) is 12.5 Å². The van der Waals surface area contributed by atoms with Gasteiger partial charge in [0.15, 0.2) is 0 Å². The zero-order chi connectivity index (χ0) is 21.3. The maximum Gasteiger partial charge on any atom is 0.290 e. The molecule has 1 aromatic carbocycles. The normalized spacial score (nSPS) is 17.8. The molecule has 3 heterocycles. The fraction of sp³-hybridized carbons (Fsp3) is 0.364. The molecule has 3 aromatic rings. The minimum atomic E-state index is -0.250. The van der Waals surface area contributed by atoms with Crippen molar-refractivity contribution in [1.82, 2.24) is 15.0 Å². The van der Waals surface area contributed by atoms with Crippen LogP contribution in [0.4, 0.5) is 11.6 Å². The lowest BCUT2D eigenvalue weighted by Gasteiger charge is -2.21. The van der Waals surface area contributed by atoms with Crippen molar-refractivity contribution in [3.8, 4) is 0 Å². The lowest BCUT2D eigenvalue weighted by molar-refractivity contribution is -0.122. The molecule has 0 unspecified atom stereocenters. The van der Waals surface area contributed by atoms with Gasteiger partial charge in [-0.25, -0.2) is 9.97 Å². The predicted molar refractivity (Wildman–Crippen MR) is 117 cm³/mol. The summed E-state index contributed by atoms with van der Waals surface area (Å²) in [6.07, 6.45) is 4.46. The average molecular weight is 409 g/mol.